The van der Waals surface area contributed by atoms with Crippen molar-refractivity contribution in [3.8, 4) is 5.88 Å². The van der Waals surface area contributed by atoms with Crippen LogP contribution in [0.15, 0.2) is 9.59 Å². The Balaban J connectivity index is 2.77. The molecule has 7 heteroatoms. The lowest BCUT2D eigenvalue weighted by Crippen LogP contribution is -2.33. The fourth-order valence-corrected chi connectivity index (χ4v) is 1.53. The molecule has 1 heterocycles. The average molecular weight is 258 g/mol. The molecular formula is C11H18N2O5. The largest absolute Gasteiger partial charge is 0.494 e. The molecule has 0 saturated heterocycles. The normalized spacial score (nSPS) is 10.8. The van der Waals surface area contributed by atoms with Gasteiger partial charge in [0.05, 0.1) is 31.9 Å². The molecule has 1 rings (SSSR count). The lowest BCUT2D eigenvalue weighted by Gasteiger charge is -2.10. The fraction of sp³-hybridized carbons (Fsp3) is 0.636. The smallest absolute Gasteiger partial charge is 0.331 e. The summed E-state index contributed by atoms with van der Waals surface area (Å²) >= 11 is 0. The summed E-state index contributed by atoms with van der Waals surface area (Å²) in [5.41, 5.74) is -0.979. The van der Waals surface area contributed by atoms with Crippen LogP contribution in [0.1, 0.15) is 12.5 Å². The van der Waals surface area contributed by atoms with Crippen LogP contribution in [-0.2, 0) is 22.4 Å². The number of aromatic nitrogens is 2. The molecule has 1 aromatic heterocycles. The minimum Gasteiger partial charge on any atom is -0.494 e. The molecule has 1 aromatic rings. The molecule has 0 fully saturated rings. The molecule has 0 aliphatic carbocycles. The summed E-state index contributed by atoms with van der Waals surface area (Å²) in [6.07, 6.45) is 0.353. The van der Waals surface area contributed by atoms with Crippen LogP contribution in [0.5, 0.6) is 5.88 Å². The molecule has 0 spiro atoms. The van der Waals surface area contributed by atoms with Gasteiger partial charge in [-0.1, -0.05) is 6.92 Å². The summed E-state index contributed by atoms with van der Waals surface area (Å²) in [5.74, 6) is -0.290. The number of hydrogen-bond donors (Lipinski definition) is 2. The third-order valence-electron chi connectivity index (χ3n) is 2.51. The quantitative estimate of drug-likeness (QED) is 0.641. The van der Waals surface area contributed by atoms with E-state index in [9.17, 15) is 14.7 Å². The van der Waals surface area contributed by atoms with Gasteiger partial charge in [0, 0.05) is 7.11 Å². The Kier molecular flexibility index (Phi) is 5.60. The number of rotatable bonds is 7. The first-order chi connectivity index (χ1) is 8.61. The number of aromatic amines is 1. The Hall–Kier alpha value is -1.60. The van der Waals surface area contributed by atoms with Crippen molar-refractivity contribution in [1.29, 1.82) is 0 Å². The van der Waals surface area contributed by atoms with Crippen molar-refractivity contribution in [3.05, 3.63) is 26.4 Å². The second-order valence-electron chi connectivity index (χ2n) is 3.67. The molecule has 0 unspecified atom stereocenters. The number of nitrogens with one attached hydrogen (secondary N) is 1. The first-order valence-corrected chi connectivity index (χ1v) is 5.73. The van der Waals surface area contributed by atoms with Gasteiger partial charge < -0.3 is 14.6 Å². The number of ether oxygens (including phenoxy) is 2. The molecule has 102 valence electrons. The van der Waals surface area contributed by atoms with Crippen molar-refractivity contribution in [2.24, 2.45) is 0 Å². The maximum absolute atomic E-state index is 11.5. The Bertz CT molecular complexity index is 491. The highest BCUT2D eigenvalue weighted by molar-refractivity contribution is 5.22. The number of nitrogens with zero attached hydrogens (tertiary/aromatic N) is 1. The van der Waals surface area contributed by atoms with Crippen LogP contribution in [0.2, 0.25) is 0 Å². The standard InChI is InChI=1S/C11H18N2O5/c1-3-8-9(14)12-11(16)13(10(8)15)4-5-18-7-6-17-2/h15H,3-7H2,1-2H3,(H,12,14,16). The Morgan fingerprint density at radius 2 is 2.00 bits per heavy atom. The van der Waals surface area contributed by atoms with E-state index in [2.05, 4.69) is 4.98 Å². The van der Waals surface area contributed by atoms with Gasteiger partial charge in [-0.05, 0) is 6.42 Å². The van der Waals surface area contributed by atoms with Gasteiger partial charge in [-0.25, -0.2) is 4.79 Å². The van der Waals surface area contributed by atoms with Crippen molar-refractivity contribution in [1.82, 2.24) is 9.55 Å². The van der Waals surface area contributed by atoms with E-state index in [1.54, 1.807) is 14.0 Å². The SMILES string of the molecule is CCc1c(O)n(CCOCCOC)c(=O)[nH]c1=O. The highest BCUT2D eigenvalue weighted by atomic mass is 16.5. The fourth-order valence-electron chi connectivity index (χ4n) is 1.53. The molecule has 0 bridgehead atoms. The zero-order valence-corrected chi connectivity index (χ0v) is 10.6. The number of H-pyrrole nitrogens is 1. The summed E-state index contributed by atoms with van der Waals surface area (Å²) in [4.78, 5) is 25.1. The van der Waals surface area contributed by atoms with Crippen LogP contribution in [0.3, 0.4) is 0 Å². The van der Waals surface area contributed by atoms with Gasteiger partial charge in [0.25, 0.3) is 5.56 Å². The summed E-state index contributed by atoms with van der Waals surface area (Å²) in [7, 11) is 1.56. The molecular weight excluding hydrogens is 240 g/mol. The van der Waals surface area contributed by atoms with Gasteiger partial charge in [0.2, 0.25) is 5.88 Å². The molecule has 0 atom stereocenters. The molecule has 18 heavy (non-hydrogen) atoms. The predicted molar refractivity (Wildman–Crippen MR) is 65.1 cm³/mol. The summed E-state index contributed by atoms with van der Waals surface area (Å²) in [6.45, 7) is 3.04. The van der Waals surface area contributed by atoms with E-state index in [4.69, 9.17) is 9.47 Å². The number of aromatic hydroxyl groups is 1. The number of hydrogen-bond acceptors (Lipinski definition) is 5. The van der Waals surface area contributed by atoms with Crippen LogP contribution in [0.4, 0.5) is 0 Å². The van der Waals surface area contributed by atoms with Gasteiger partial charge >= 0.3 is 5.69 Å². The van der Waals surface area contributed by atoms with Gasteiger partial charge in [-0.15, -0.1) is 0 Å². The number of methoxy groups -OCH3 is 1. The molecule has 0 radical (unpaired) electrons. The first kappa shape index (κ1) is 14.5. The van der Waals surface area contributed by atoms with E-state index in [-0.39, 0.29) is 24.6 Å². The van der Waals surface area contributed by atoms with E-state index in [1.165, 1.54) is 0 Å². The third kappa shape index (κ3) is 3.44. The monoisotopic (exact) mass is 258 g/mol. The maximum atomic E-state index is 11.5. The minimum atomic E-state index is -0.634. The molecule has 0 aliphatic heterocycles. The molecule has 0 saturated carbocycles. The van der Waals surface area contributed by atoms with Crippen molar-refractivity contribution >= 4 is 0 Å². The van der Waals surface area contributed by atoms with Crippen molar-refractivity contribution in [2.45, 2.75) is 19.9 Å². The zero-order valence-electron chi connectivity index (χ0n) is 10.6. The third-order valence-corrected chi connectivity index (χ3v) is 2.51. The van der Waals surface area contributed by atoms with E-state index in [0.717, 1.165) is 4.57 Å². The zero-order chi connectivity index (χ0) is 13.5. The predicted octanol–water partition coefficient (Wildman–Crippen LogP) is -0.532. The van der Waals surface area contributed by atoms with Gasteiger partial charge in [-0.3, -0.25) is 14.3 Å². The van der Waals surface area contributed by atoms with E-state index in [0.29, 0.717) is 19.6 Å². The minimum absolute atomic E-state index is 0.179. The van der Waals surface area contributed by atoms with Crippen molar-refractivity contribution < 1.29 is 14.6 Å². The first-order valence-electron chi connectivity index (χ1n) is 5.73. The lowest BCUT2D eigenvalue weighted by molar-refractivity contribution is 0.0652. The Morgan fingerprint density at radius 3 is 2.61 bits per heavy atom. The Morgan fingerprint density at radius 1 is 1.28 bits per heavy atom. The van der Waals surface area contributed by atoms with Gasteiger partial charge in [-0.2, -0.15) is 0 Å². The van der Waals surface area contributed by atoms with Crippen LogP contribution >= 0.6 is 0 Å². The van der Waals surface area contributed by atoms with Gasteiger partial charge in [0.15, 0.2) is 0 Å². The van der Waals surface area contributed by atoms with E-state index in [1.807, 2.05) is 0 Å². The molecule has 0 amide bonds. The topological polar surface area (TPSA) is 93.6 Å². The van der Waals surface area contributed by atoms with E-state index < -0.39 is 11.2 Å². The van der Waals surface area contributed by atoms with Crippen LogP contribution < -0.4 is 11.2 Å². The lowest BCUT2D eigenvalue weighted by atomic mass is 10.2. The summed E-state index contributed by atoms with van der Waals surface area (Å²) in [6, 6.07) is 0. The maximum Gasteiger partial charge on any atom is 0.331 e. The van der Waals surface area contributed by atoms with Crippen LogP contribution in [0, 0.1) is 0 Å². The highest BCUT2D eigenvalue weighted by Gasteiger charge is 2.11. The molecule has 0 aliphatic rings. The molecule has 0 aromatic carbocycles. The van der Waals surface area contributed by atoms with Crippen LogP contribution in [0.25, 0.3) is 0 Å². The van der Waals surface area contributed by atoms with Gasteiger partial charge in [0.1, 0.15) is 0 Å². The van der Waals surface area contributed by atoms with Crippen molar-refractivity contribution in [2.75, 3.05) is 26.9 Å². The highest BCUT2D eigenvalue weighted by Crippen LogP contribution is 2.09. The van der Waals surface area contributed by atoms with E-state index >= 15 is 0 Å². The second-order valence-corrected chi connectivity index (χ2v) is 3.67. The summed E-state index contributed by atoms with van der Waals surface area (Å²) in [5, 5.41) is 9.82. The molecule has 7 nitrogen and oxygen atoms in total. The molecule has 2 N–H and O–H groups in total. The summed E-state index contributed by atoms with van der Waals surface area (Å²) < 4.78 is 11.1. The average Bonchev–Trinajstić information content (AvgIpc) is 2.32. The Labute approximate surface area is 104 Å². The van der Waals surface area contributed by atoms with Crippen molar-refractivity contribution in [3.63, 3.8) is 0 Å². The second kappa shape index (κ2) is 6.97. The van der Waals surface area contributed by atoms with Crippen LogP contribution in [-0.4, -0.2) is 41.6 Å².